The molecule has 6 heteroatoms. The molecule has 0 aliphatic carbocycles. The maximum Gasteiger partial charge on any atom is 0.351 e. The van der Waals surface area contributed by atoms with Crippen molar-refractivity contribution in [2.45, 2.75) is 40.2 Å². The second-order valence-electron chi connectivity index (χ2n) is 7.14. The van der Waals surface area contributed by atoms with Gasteiger partial charge < -0.3 is 0 Å². The number of hydrogen-bond acceptors (Lipinski definition) is 4. The van der Waals surface area contributed by atoms with Gasteiger partial charge in [0.25, 0.3) is 0 Å². The molecule has 28 heavy (non-hydrogen) atoms. The van der Waals surface area contributed by atoms with Gasteiger partial charge in [-0.25, -0.2) is 9.78 Å². The quantitative estimate of drug-likeness (QED) is 0.502. The average Bonchev–Trinajstić information content (AvgIpc) is 3.09. The minimum atomic E-state index is -0.346. The van der Waals surface area contributed by atoms with E-state index in [1.54, 1.807) is 0 Å². The molecule has 2 aromatic carbocycles. The molecule has 0 spiro atoms. The maximum atomic E-state index is 13.1. The topological polar surface area (TPSA) is 69.3 Å². The first-order valence-electron chi connectivity index (χ1n) is 9.47. The van der Waals surface area contributed by atoms with Crippen molar-refractivity contribution in [2.75, 3.05) is 0 Å². The van der Waals surface area contributed by atoms with Crippen molar-refractivity contribution in [3.63, 3.8) is 0 Å². The predicted molar refractivity (Wildman–Crippen MR) is 109 cm³/mol. The molecule has 142 valence electrons. The number of benzene rings is 2. The van der Waals surface area contributed by atoms with Crippen LogP contribution in [0.1, 0.15) is 40.7 Å². The molecule has 0 aliphatic rings. The van der Waals surface area contributed by atoms with E-state index in [1.165, 1.54) is 9.08 Å². The van der Waals surface area contributed by atoms with Crippen LogP contribution in [0, 0.1) is 13.8 Å². The second kappa shape index (κ2) is 7.03. The van der Waals surface area contributed by atoms with Crippen LogP contribution in [0.3, 0.4) is 0 Å². The van der Waals surface area contributed by atoms with E-state index in [1.807, 2.05) is 63.2 Å². The molecule has 6 nitrogen and oxygen atoms in total. The monoisotopic (exact) mass is 374 g/mol. The second-order valence-corrected chi connectivity index (χ2v) is 7.14. The van der Waals surface area contributed by atoms with Gasteiger partial charge in [0.05, 0.1) is 12.1 Å². The van der Waals surface area contributed by atoms with E-state index >= 15 is 0 Å². The number of carbonyl (C=O) groups excluding carboxylic acids is 1. The van der Waals surface area contributed by atoms with Gasteiger partial charge in [-0.05, 0) is 38.0 Å². The molecular weight excluding hydrogens is 352 g/mol. The standard InChI is InChI=1S/C22H22N4O2/c1-4-7-20-23-21-17-8-5-6-9-18(17)25(22(28)26(21)24-20)13-19(27)16-11-10-14(2)12-15(16)3/h5-6,8-12H,4,7,13H2,1-3H3. The Morgan fingerprint density at radius 1 is 1.11 bits per heavy atom. The first-order chi connectivity index (χ1) is 13.5. The SMILES string of the molecule is CCCc1nc2c3ccccc3n(CC(=O)c3ccc(C)cc3C)c(=O)n2n1. The largest absolute Gasteiger partial charge is 0.351 e. The third-order valence-electron chi connectivity index (χ3n) is 4.96. The molecule has 0 fully saturated rings. The van der Waals surface area contributed by atoms with Crippen molar-refractivity contribution in [2.24, 2.45) is 0 Å². The van der Waals surface area contributed by atoms with Crippen LogP contribution in [0.2, 0.25) is 0 Å². The van der Waals surface area contributed by atoms with Crippen LogP contribution in [0.4, 0.5) is 0 Å². The lowest BCUT2D eigenvalue weighted by Gasteiger charge is -2.11. The molecule has 0 atom stereocenters. The fourth-order valence-corrected chi connectivity index (χ4v) is 3.62. The van der Waals surface area contributed by atoms with Gasteiger partial charge in [-0.3, -0.25) is 9.36 Å². The fourth-order valence-electron chi connectivity index (χ4n) is 3.62. The van der Waals surface area contributed by atoms with E-state index in [2.05, 4.69) is 10.1 Å². The minimum absolute atomic E-state index is 0.0395. The Morgan fingerprint density at radius 3 is 2.64 bits per heavy atom. The van der Waals surface area contributed by atoms with E-state index < -0.39 is 0 Å². The molecule has 4 rings (SSSR count). The number of carbonyl (C=O) groups is 1. The van der Waals surface area contributed by atoms with Gasteiger partial charge in [0.15, 0.2) is 17.3 Å². The van der Waals surface area contributed by atoms with Gasteiger partial charge in [-0.1, -0.05) is 42.8 Å². The summed E-state index contributed by atoms with van der Waals surface area (Å²) in [6.07, 6.45) is 1.60. The number of aryl methyl sites for hydroxylation is 3. The van der Waals surface area contributed by atoms with Crippen molar-refractivity contribution in [1.29, 1.82) is 0 Å². The number of nitrogens with zero attached hydrogens (tertiary/aromatic N) is 4. The summed E-state index contributed by atoms with van der Waals surface area (Å²) >= 11 is 0. The molecule has 0 radical (unpaired) electrons. The lowest BCUT2D eigenvalue weighted by Crippen LogP contribution is -2.30. The molecule has 0 bridgehead atoms. The number of Topliss-reactive ketones (excluding diaryl/α,β-unsaturated/α-hetero) is 1. The maximum absolute atomic E-state index is 13.1. The van der Waals surface area contributed by atoms with Crippen molar-refractivity contribution in [1.82, 2.24) is 19.2 Å². The molecule has 2 heterocycles. The van der Waals surface area contributed by atoms with Gasteiger partial charge >= 0.3 is 5.69 Å². The summed E-state index contributed by atoms with van der Waals surface area (Å²) in [6.45, 7) is 5.91. The van der Waals surface area contributed by atoms with Crippen LogP contribution >= 0.6 is 0 Å². The first kappa shape index (κ1) is 18.1. The Kier molecular flexibility index (Phi) is 4.55. The average molecular weight is 374 g/mol. The number of para-hydroxylation sites is 1. The van der Waals surface area contributed by atoms with Crippen LogP contribution in [-0.4, -0.2) is 24.9 Å². The Labute approximate surface area is 162 Å². The van der Waals surface area contributed by atoms with Gasteiger partial charge in [0.2, 0.25) is 0 Å². The fraction of sp³-hybridized carbons (Fsp3) is 0.273. The summed E-state index contributed by atoms with van der Waals surface area (Å²) in [5.74, 6) is 0.543. The number of ketones is 1. The zero-order valence-electron chi connectivity index (χ0n) is 16.3. The van der Waals surface area contributed by atoms with E-state index in [-0.39, 0.29) is 18.0 Å². The molecule has 4 aromatic rings. The highest BCUT2D eigenvalue weighted by Crippen LogP contribution is 2.18. The molecule has 0 amide bonds. The summed E-state index contributed by atoms with van der Waals surface area (Å²) in [6, 6.07) is 13.2. The Balaban J connectivity index is 1.89. The van der Waals surface area contributed by atoms with Crippen molar-refractivity contribution in [3.8, 4) is 0 Å². The highest BCUT2D eigenvalue weighted by Gasteiger charge is 2.18. The summed E-state index contributed by atoms with van der Waals surface area (Å²) in [7, 11) is 0. The Bertz CT molecular complexity index is 1270. The van der Waals surface area contributed by atoms with Crippen LogP contribution in [0.25, 0.3) is 16.6 Å². The van der Waals surface area contributed by atoms with Gasteiger partial charge in [-0.15, -0.1) is 5.10 Å². The van der Waals surface area contributed by atoms with Crippen LogP contribution in [0.5, 0.6) is 0 Å². The lowest BCUT2D eigenvalue weighted by molar-refractivity contribution is 0.0971. The Morgan fingerprint density at radius 2 is 1.89 bits per heavy atom. The third kappa shape index (κ3) is 3.01. The number of hydrogen-bond donors (Lipinski definition) is 0. The zero-order chi connectivity index (χ0) is 19.8. The first-order valence-corrected chi connectivity index (χ1v) is 9.47. The normalized spacial score (nSPS) is 11.4. The van der Waals surface area contributed by atoms with Gasteiger partial charge in [0.1, 0.15) is 0 Å². The summed E-state index contributed by atoms with van der Waals surface area (Å²) in [5.41, 5.74) is 3.53. The summed E-state index contributed by atoms with van der Waals surface area (Å²) in [5, 5.41) is 5.19. The molecule has 0 aliphatic heterocycles. The smallest absolute Gasteiger partial charge is 0.292 e. The van der Waals surface area contributed by atoms with E-state index in [9.17, 15) is 9.59 Å². The molecular formula is C22H22N4O2. The molecule has 2 aromatic heterocycles. The van der Waals surface area contributed by atoms with E-state index in [0.29, 0.717) is 29.0 Å². The Hall–Kier alpha value is -3.28. The van der Waals surface area contributed by atoms with Crippen LogP contribution in [-0.2, 0) is 13.0 Å². The molecule has 0 saturated heterocycles. The van der Waals surface area contributed by atoms with Gasteiger partial charge in [-0.2, -0.15) is 4.52 Å². The number of fused-ring (bicyclic) bond motifs is 3. The van der Waals surface area contributed by atoms with Crippen molar-refractivity contribution in [3.05, 3.63) is 75.5 Å². The summed E-state index contributed by atoms with van der Waals surface area (Å²) in [4.78, 5) is 30.7. The zero-order valence-corrected chi connectivity index (χ0v) is 16.3. The predicted octanol–water partition coefficient (Wildman–Crippen LogP) is 3.50. The summed E-state index contributed by atoms with van der Waals surface area (Å²) < 4.78 is 2.82. The lowest BCUT2D eigenvalue weighted by atomic mass is 10.0. The number of aromatic nitrogens is 4. The highest BCUT2D eigenvalue weighted by atomic mass is 16.2. The molecule has 0 unspecified atom stereocenters. The van der Waals surface area contributed by atoms with Crippen LogP contribution in [0.15, 0.2) is 47.3 Å². The number of rotatable bonds is 5. The van der Waals surface area contributed by atoms with Crippen LogP contribution < -0.4 is 5.69 Å². The third-order valence-corrected chi connectivity index (χ3v) is 4.96. The van der Waals surface area contributed by atoms with E-state index in [0.717, 1.165) is 22.9 Å². The minimum Gasteiger partial charge on any atom is -0.292 e. The van der Waals surface area contributed by atoms with E-state index in [4.69, 9.17) is 0 Å². The molecule has 0 saturated carbocycles. The molecule has 0 N–H and O–H groups in total. The highest BCUT2D eigenvalue weighted by molar-refractivity contribution is 5.99. The van der Waals surface area contributed by atoms with Crippen molar-refractivity contribution < 1.29 is 4.79 Å². The van der Waals surface area contributed by atoms with Crippen molar-refractivity contribution >= 4 is 22.3 Å². The van der Waals surface area contributed by atoms with Gasteiger partial charge in [0, 0.05) is 17.4 Å².